The standard InChI is InChI=1S/C16H12ClFN4O3S2/c1-6-11(13(23)20-8-3-4-9(17)10(18)5-8)14(27-22-6)21-16-19-7(2)12(26-16)15(24)25/h3-5H,1-2H3,(H,19,21)(H,20,23)(H,24,25). The Hall–Kier alpha value is -2.56. The lowest BCUT2D eigenvalue weighted by molar-refractivity contribution is 0.0701. The Kier molecular flexibility index (Phi) is 5.40. The second-order valence-electron chi connectivity index (χ2n) is 5.42. The van der Waals surface area contributed by atoms with Crippen LogP contribution in [0.3, 0.4) is 0 Å². The van der Waals surface area contributed by atoms with Crippen molar-refractivity contribution in [3.63, 3.8) is 0 Å². The van der Waals surface area contributed by atoms with Crippen molar-refractivity contribution in [2.75, 3.05) is 10.6 Å². The highest BCUT2D eigenvalue weighted by Crippen LogP contribution is 2.32. The molecule has 3 N–H and O–H groups in total. The first-order valence-corrected chi connectivity index (χ1v) is 9.43. The molecule has 0 aliphatic heterocycles. The predicted octanol–water partition coefficient (Wildman–Crippen LogP) is 4.70. The first-order valence-electron chi connectivity index (χ1n) is 7.46. The van der Waals surface area contributed by atoms with Gasteiger partial charge in [-0.1, -0.05) is 22.9 Å². The Morgan fingerprint density at radius 1 is 1.26 bits per heavy atom. The van der Waals surface area contributed by atoms with Gasteiger partial charge in [-0.15, -0.1) is 0 Å². The number of nitrogens with one attached hydrogen (secondary N) is 2. The van der Waals surface area contributed by atoms with E-state index >= 15 is 0 Å². The molecule has 2 heterocycles. The summed E-state index contributed by atoms with van der Waals surface area (Å²) in [5, 5.41) is 15.4. The summed E-state index contributed by atoms with van der Waals surface area (Å²) in [4.78, 5) is 28.0. The minimum absolute atomic E-state index is 0.0443. The van der Waals surface area contributed by atoms with Gasteiger partial charge in [-0.2, -0.15) is 4.37 Å². The number of aromatic nitrogens is 2. The number of aryl methyl sites for hydroxylation is 2. The molecule has 1 amide bonds. The average Bonchev–Trinajstić information content (AvgIpc) is 3.14. The number of amides is 1. The Labute approximate surface area is 166 Å². The number of carboxylic acids is 1. The van der Waals surface area contributed by atoms with Gasteiger partial charge in [0.1, 0.15) is 15.7 Å². The predicted molar refractivity (Wildman–Crippen MR) is 103 cm³/mol. The topological polar surface area (TPSA) is 104 Å². The molecule has 0 unspecified atom stereocenters. The van der Waals surface area contributed by atoms with Crippen molar-refractivity contribution >= 4 is 62.2 Å². The van der Waals surface area contributed by atoms with Gasteiger partial charge in [-0.05, 0) is 43.6 Å². The van der Waals surface area contributed by atoms with Gasteiger partial charge in [0.25, 0.3) is 5.91 Å². The van der Waals surface area contributed by atoms with Gasteiger partial charge in [-0.3, -0.25) is 4.79 Å². The largest absolute Gasteiger partial charge is 0.477 e. The number of halogens is 2. The maximum Gasteiger partial charge on any atom is 0.347 e. The third-order valence-electron chi connectivity index (χ3n) is 3.48. The zero-order valence-electron chi connectivity index (χ0n) is 14.0. The van der Waals surface area contributed by atoms with E-state index in [0.29, 0.717) is 21.5 Å². The summed E-state index contributed by atoms with van der Waals surface area (Å²) in [7, 11) is 0. The van der Waals surface area contributed by atoms with Gasteiger partial charge in [-0.25, -0.2) is 14.2 Å². The second-order valence-corrected chi connectivity index (χ2v) is 7.60. The van der Waals surface area contributed by atoms with Crippen molar-refractivity contribution in [3.8, 4) is 0 Å². The quantitative estimate of drug-likeness (QED) is 0.546. The highest BCUT2D eigenvalue weighted by Gasteiger charge is 2.21. The van der Waals surface area contributed by atoms with E-state index in [0.717, 1.165) is 28.9 Å². The SMILES string of the molecule is Cc1nc(Nc2snc(C)c2C(=O)Nc2ccc(Cl)c(F)c2)sc1C(=O)O. The maximum atomic E-state index is 13.6. The molecule has 0 bridgehead atoms. The fraction of sp³-hybridized carbons (Fsp3) is 0.125. The zero-order chi connectivity index (χ0) is 19.7. The van der Waals surface area contributed by atoms with E-state index in [-0.39, 0.29) is 21.2 Å². The number of thiazole rings is 1. The molecule has 0 saturated heterocycles. The summed E-state index contributed by atoms with van der Waals surface area (Å²) < 4.78 is 17.7. The summed E-state index contributed by atoms with van der Waals surface area (Å²) in [6, 6.07) is 3.94. The van der Waals surface area contributed by atoms with Crippen molar-refractivity contribution in [1.29, 1.82) is 0 Å². The van der Waals surface area contributed by atoms with Crippen LogP contribution in [0.1, 0.15) is 31.4 Å². The van der Waals surface area contributed by atoms with Crippen LogP contribution in [-0.4, -0.2) is 26.3 Å². The average molecular weight is 427 g/mol. The molecule has 0 saturated carbocycles. The van der Waals surface area contributed by atoms with Crippen molar-refractivity contribution in [3.05, 3.63) is 50.9 Å². The Morgan fingerprint density at radius 3 is 2.63 bits per heavy atom. The van der Waals surface area contributed by atoms with E-state index in [4.69, 9.17) is 16.7 Å². The Balaban J connectivity index is 1.85. The molecule has 0 aliphatic carbocycles. The molecular weight excluding hydrogens is 415 g/mol. The van der Waals surface area contributed by atoms with Gasteiger partial charge < -0.3 is 15.7 Å². The molecule has 0 atom stereocenters. The van der Waals surface area contributed by atoms with Crippen LogP contribution in [0.25, 0.3) is 0 Å². The molecule has 0 spiro atoms. The fourth-order valence-corrected chi connectivity index (χ4v) is 4.02. The van der Waals surface area contributed by atoms with E-state index in [1.165, 1.54) is 12.1 Å². The minimum atomic E-state index is -1.07. The van der Waals surface area contributed by atoms with Gasteiger partial charge in [0.15, 0.2) is 5.13 Å². The zero-order valence-corrected chi connectivity index (χ0v) is 16.4. The maximum absolute atomic E-state index is 13.6. The monoisotopic (exact) mass is 426 g/mol. The minimum Gasteiger partial charge on any atom is -0.477 e. The van der Waals surface area contributed by atoms with Crippen molar-refractivity contribution in [2.24, 2.45) is 0 Å². The number of hydrogen-bond donors (Lipinski definition) is 3. The number of nitrogens with zero attached hydrogens (tertiary/aromatic N) is 2. The molecular formula is C16H12ClFN4O3S2. The summed E-state index contributed by atoms with van der Waals surface area (Å²) in [6.45, 7) is 3.25. The fourth-order valence-electron chi connectivity index (χ4n) is 2.24. The van der Waals surface area contributed by atoms with Gasteiger partial charge >= 0.3 is 5.97 Å². The van der Waals surface area contributed by atoms with E-state index in [9.17, 15) is 14.0 Å². The van der Waals surface area contributed by atoms with Crippen LogP contribution >= 0.6 is 34.5 Å². The molecule has 0 radical (unpaired) electrons. The van der Waals surface area contributed by atoms with Crippen LogP contribution in [0.2, 0.25) is 5.02 Å². The Bertz CT molecular complexity index is 1050. The number of hydrogen-bond acceptors (Lipinski definition) is 7. The smallest absolute Gasteiger partial charge is 0.347 e. The molecule has 7 nitrogen and oxygen atoms in total. The lowest BCUT2D eigenvalue weighted by Gasteiger charge is -2.07. The van der Waals surface area contributed by atoms with Crippen LogP contribution in [-0.2, 0) is 0 Å². The van der Waals surface area contributed by atoms with Gasteiger partial charge in [0.05, 0.1) is 22.0 Å². The Morgan fingerprint density at radius 2 is 2.00 bits per heavy atom. The van der Waals surface area contributed by atoms with E-state index in [2.05, 4.69) is 20.0 Å². The van der Waals surface area contributed by atoms with Crippen LogP contribution in [0.15, 0.2) is 18.2 Å². The number of carbonyl (C=O) groups is 2. The first kappa shape index (κ1) is 19.2. The molecule has 3 aromatic rings. The number of rotatable bonds is 5. The third-order valence-corrected chi connectivity index (χ3v) is 5.70. The van der Waals surface area contributed by atoms with Gasteiger partial charge in [0, 0.05) is 5.69 Å². The summed E-state index contributed by atoms with van der Waals surface area (Å²) in [5.74, 6) is -2.20. The van der Waals surface area contributed by atoms with E-state index in [1.807, 2.05) is 0 Å². The van der Waals surface area contributed by atoms with Crippen LogP contribution in [0.5, 0.6) is 0 Å². The molecule has 11 heteroatoms. The molecule has 2 aromatic heterocycles. The van der Waals surface area contributed by atoms with Crippen molar-refractivity contribution < 1.29 is 19.1 Å². The summed E-state index contributed by atoms with van der Waals surface area (Å²) >= 11 is 7.64. The van der Waals surface area contributed by atoms with Crippen LogP contribution in [0.4, 0.5) is 20.2 Å². The summed E-state index contributed by atoms with van der Waals surface area (Å²) in [5.41, 5.74) is 1.36. The van der Waals surface area contributed by atoms with E-state index < -0.39 is 17.7 Å². The molecule has 27 heavy (non-hydrogen) atoms. The highest BCUT2D eigenvalue weighted by atomic mass is 35.5. The van der Waals surface area contributed by atoms with Crippen molar-refractivity contribution in [1.82, 2.24) is 9.36 Å². The molecule has 1 aromatic carbocycles. The number of carboxylic acid groups (broad SMARTS) is 1. The second kappa shape index (κ2) is 7.59. The van der Waals surface area contributed by atoms with Gasteiger partial charge in [0.2, 0.25) is 0 Å². The molecule has 140 valence electrons. The van der Waals surface area contributed by atoms with Crippen LogP contribution < -0.4 is 10.6 Å². The molecule has 0 fully saturated rings. The molecule has 0 aliphatic rings. The lowest BCUT2D eigenvalue weighted by Crippen LogP contribution is -2.14. The first-order chi connectivity index (χ1) is 12.8. The molecule has 3 rings (SSSR count). The summed E-state index contributed by atoms with van der Waals surface area (Å²) in [6.07, 6.45) is 0. The van der Waals surface area contributed by atoms with Crippen LogP contribution in [0, 0.1) is 19.7 Å². The van der Waals surface area contributed by atoms with E-state index in [1.54, 1.807) is 13.8 Å². The normalized spacial score (nSPS) is 10.7. The lowest BCUT2D eigenvalue weighted by atomic mass is 10.2. The number of benzene rings is 1. The third kappa shape index (κ3) is 4.07. The number of anilines is 3. The number of aromatic carboxylic acids is 1. The number of carbonyl (C=O) groups excluding carboxylic acids is 1. The highest BCUT2D eigenvalue weighted by molar-refractivity contribution is 7.18. The van der Waals surface area contributed by atoms with Crippen molar-refractivity contribution in [2.45, 2.75) is 13.8 Å².